The largest absolute Gasteiger partial charge is 0.443 e. The molecule has 0 aromatic heterocycles. The Morgan fingerprint density at radius 3 is 2.33 bits per heavy atom. The molecule has 0 fully saturated rings. The van der Waals surface area contributed by atoms with Crippen LogP contribution in [0.1, 0.15) is 13.8 Å². The monoisotopic (exact) mass is 152 g/mol. The smallest absolute Gasteiger partial charge is 0.304 e. The number of rotatable bonds is 2. The number of aliphatic hydroxyl groups excluding tert-OH is 1. The molecular formula is C5H9ClO3. The lowest BCUT2D eigenvalue weighted by Gasteiger charge is -2.10. The molecule has 0 aromatic rings. The topological polar surface area (TPSA) is 46.5 Å². The van der Waals surface area contributed by atoms with Gasteiger partial charge in [0, 0.05) is 6.92 Å². The average Bonchev–Trinajstić information content (AvgIpc) is 1.63. The summed E-state index contributed by atoms with van der Waals surface area (Å²) < 4.78 is 4.39. The highest BCUT2D eigenvalue weighted by molar-refractivity contribution is 6.20. The maximum Gasteiger partial charge on any atom is 0.304 e. The van der Waals surface area contributed by atoms with Crippen LogP contribution in [0.3, 0.4) is 0 Å². The Bertz CT molecular complexity index is 102. The average molecular weight is 153 g/mol. The van der Waals surface area contributed by atoms with Crippen LogP contribution in [-0.2, 0) is 9.53 Å². The highest BCUT2D eigenvalue weighted by Crippen LogP contribution is 2.03. The van der Waals surface area contributed by atoms with Crippen molar-refractivity contribution in [3.8, 4) is 0 Å². The van der Waals surface area contributed by atoms with Crippen LogP contribution in [0.25, 0.3) is 0 Å². The molecule has 0 amide bonds. The molecule has 2 atom stereocenters. The lowest BCUT2D eigenvalue weighted by atomic mass is 10.4. The molecule has 2 unspecified atom stereocenters. The molecule has 0 saturated heterocycles. The maximum absolute atomic E-state index is 10.1. The molecule has 0 rings (SSSR count). The molecule has 3 nitrogen and oxygen atoms in total. The standard InChI is InChI=1S/C5H9ClO3/c1-3(7)5(6)9-4(2)8/h3,5,7H,1-2H3. The van der Waals surface area contributed by atoms with Crippen LogP contribution in [0.15, 0.2) is 0 Å². The Balaban J connectivity index is 3.50. The first-order valence-corrected chi connectivity index (χ1v) is 2.97. The number of ether oxygens (including phenoxy) is 1. The maximum atomic E-state index is 10.1. The van der Waals surface area contributed by atoms with Crippen molar-refractivity contribution in [2.45, 2.75) is 25.5 Å². The van der Waals surface area contributed by atoms with E-state index in [1.807, 2.05) is 0 Å². The summed E-state index contributed by atoms with van der Waals surface area (Å²) in [4.78, 5) is 10.1. The van der Waals surface area contributed by atoms with Crippen LogP contribution in [-0.4, -0.2) is 22.7 Å². The summed E-state index contributed by atoms with van der Waals surface area (Å²) in [7, 11) is 0. The van der Waals surface area contributed by atoms with E-state index in [1.54, 1.807) is 0 Å². The van der Waals surface area contributed by atoms with Crippen molar-refractivity contribution in [1.82, 2.24) is 0 Å². The fourth-order valence-electron chi connectivity index (χ4n) is 0.257. The van der Waals surface area contributed by atoms with Gasteiger partial charge in [0.15, 0.2) is 0 Å². The number of esters is 1. The molecule has 0 heterocycles. The lowest BCUT2D eigenvalue weighted by Crippen LogP contribution is -2.22. The van der Waals surface area contributed by atoms with Gasteiger partial charge in [-0.2, -0.15) is 0 Å². The van der Waals surface area contributed by atoms with Crippen molar-refractivity contribution >= 4 is 17.6 Å². The zero-order valence-corrected chi connectivity index (χ0v) is 6.05. The number of halogens is 1. The van der Waals surface area contributed by atoms with Crippen LogP contribution in [0.2, 0.25) is 0 Å². The van der Waals surface area contributed by atoms with Crippen molar-refractivity contribution in [2.75, 3.05) is 0 Å². The van der Waals surface area contributed by atoms with Gasteiger partial charge in [-0.1, -0.05) is 11.6 Å². The fraction of sp³-hybridized carbons (Fsp3) is 0.800. The molecule has 0 spiro atoms. The van der Waals surface area contributed by atoms with Crippen molar-refractivity contribution in [3.63, 3.8) is 0 Å². The first kappa shape index (κ1) is 8.72. The second-order valence-corrected chi connectivity index (χ2v) is 2.13. The van der Waals surface area contributed by atoms with E-state index in [9.17, 15) is 4.79 Å². The molecule has 0 aliphatic carbocycles. The summed E-state index contributed by atoms with van der Waals surface area (Å²) in [6, 6.07) is 0. The van der Waals surface area contributed by atoms with Crippen molar-refractivity contribution in [3.05, 3.63) is 0 Å². The van der Waals surface area contributed by atoms with E-state index in [0.717, 1.165) is 0 Å². The molecule has 0 saturated carbocycles. The van der Waals surface area contributed by atoms with E-state index in [-0.39, 0.29) is 0 Å². The Morgan fingerprint density at radius 1 is 1.78 bits per heavy atom. The summed E-state index contributed by atoms with van der Waals surface area (Å²) in [6.45, 7) is 2.68. The summed E-state index contributed by atoms with van der Waals surface area (Å²) in [6.07, 6.45) is -0.824. The molecule has 54 valence electrons. The van der Waals surface area contributed by atoms with Crippen LogP contribution in [0.4, 0.5) is 0 Å². The van der Waals surface area contributed by atoms with Crippen LogP contribution < -0.4 is 0 Å². The second-order valence-electron chi connectivity index (χ2n) is 1.70. The quantitative estimate of drug-likeness (QED) is 0.463. The van der Waals surface area contributed by atoms with E-state index >= 15 is 0 Å². The van der Waals surface area contributed by atoms with Crippen LogP contribution in [0.5, 0.6) is 0 Å². The minimum absolute atomic E-state index is 0.490. The molecule has 0 radical (unpaired) electrons. The van der Waals surface area contributed by atoms with Crippen molar-refractivity contribution < 1.29 is 14.6 Å². The Kier molecular flexibility index (Phi) is 3.58. The predicted octanol–water partition coefficient (Wildman–Crippen LogP) is 0.495. The molecule has 0 aliphatic heterocycles. The normalized spacial score (nSPS) is 16.4. The number of aliphatic hydroxyl groups is 1. The van der Waals surface area contributed by atoms with Gasteiger partial charge in [-0.15, -0.1) is 0 Å². The van der Waals surface area contributed by atoms with Crippen LogP contribution in [0, 0.1) is 0 Å². The first-order valence-electron chi connectivity index (χ1n) is 2.53. The van der Waals surface area contributed by atoms with E-state index in [2.05, 4.69) is 4.74 Å². The van der Waals surface area contributed by atoms with Gasteiger partial charge in [0.25, 0.3) is 0 Å². The summed E-state index contributed by atoms with van der Waals surface area (Å²) in [5, 5.41) is 8.66. The second kappa shape index (κ2) is 3.69. The van der Waals surface area contributed by atoms with Crippen LogP contribution >= 0.6 is 11.6 Å². The molecule has 0 aliphatic rings. The van der Waals surface area contributed by atoms with Crippen molar-refractivity contribution in [2.24, 2.45) is 0 Å². The Labute approximate surface area is 58.6 Å². The number of hydrogen-bond acceptors (Lipinski definition) is 3. The number of carbonyl (C=O) groups is 1. The first-order chi connectivity index (χ1) is 4.04. The highest BCUT2D eigenvalue weighted by atomic mass is 35.5. The van der Waals surface area contributed by atoms with Gasteiger partial charge in [0.05, 0.1) is 0 Å². The number of alkyl halides is 1. The molecule has 0 aromatic carbocycles. The summed E-state index contributed by atoms with van der Waals surface area (Å²) >= 11 is 5.32. The number of hydrogen-bond donors (Lipinski definition) is 1. The molecule has 0 bridgehead atoms. The van der Waals surface area contributed by atoms with Gasteiger partial charge in [0.2, 0.25) is 5.56 Å². The zero-order valence-electron chi connectivity index (χ0n) is 5.30. The SMILES string of the molecule is CC(=O)OC(Cl)C(C)O. The summed E-state index contributed by atoms with van der Waals surface area (Å²) in [5.41, 5.74) is -0.928. The number of carbonyl (C=O) groups excluding carboxylic acids is 1. The minimum atomic E-state index is -0.928. The Morgan fingerprint density at radius 2 is 2.22 bits per heavy atom. The third kappa shape index (κ3) is 4.24. The molecule has 4 heteroatoms. The van der Waals surface area contributed by atoms with Gasteiger partial charge < -0.3 is 9.84 Å². The van der Waals surface area contributed by atoms with Gasteiger partial charge in [-0.3, -0.25) is 4.79 Å². The fourth-order valence-corrected chi connectivity index (χ4v) is 0.382. The Hall–Kier alpha value is -0.280. The van der Waals surface area contributed by atoms with Gasteiger partial charge >= 0.3 is 5.97 Å². The molecular weight excluding hydrogens is 144 g/mol. The molecule has 9 heavy (non-hydrogen) atoms. The molecule has 1 N–H and O–H groups in total. The zero-order chi connectivity index (χ0) is 7.44. The van der Waals surface area contributed by atoms with Crippen molar-refractivity contribution in [1.29, 1.82) is 0 Å². The third-order valence-electron chi connectivity index (χ3n) is 0.658. The van der Waals surface area contributed by atoms with E-state index < -0.39 is 17.6 Å². The minimum Gasteiger partial charge on any atom is -0.443 e. The van der Waals surface area contributed by atoms with Gasteiger partial charge in [-0.05, 0) is 6.92 Å². The van der Waals surface area contributed by atoms with E-state index in [0.29, 0.717) is 0 Å². The van der Waals surface area contributed by atoms with Gasteiger partial charge in [0.1, 0.15) is 6.10 Å². The lowest BCUT2D eigenvalue weighted by molar-refractivity contribution is -0.146. The van der Waals surface area contributed by atoms with Gasteiger partial charge in [-0.25, -0.2) is 0 Å². The van der Waals surface area contributed by atoms with E-state index in [1.165, 1.54) is 13.8 Å². The predicted molar refractivity (Wildman–Crippen MR) is 33.1 cm³/mol. The summed E-state index contributed by atoms with van der Waals surface area (Å²) in [5.74, 6) is -0.490. The third-order valence-corrected chi connectivity index (χ3v) is 1.11. The highest BCUT2D eigenvalue weighted by Gasteiger charge is 2.12. The van der Waals surface area contributed by atoms with E-state index in [4.69, 9.17) is 16.7 Å².